The van der Waals surface area contributed by atoms with Crippen molar-refractivity contribution in [3.8, 4) is 0 Å². The largest absolute Gasteiger partial charge is 0.462 e. The van der Waals surface area contributed by atoms with Crippen molar-refractivity contribution >= 4 is 23.3 Å². The van der Waals surface area contributed by atoms with Gasteiger partial charge in [0, 0.05) is 16.0 Å². The van der Waals surface area contributed by atoms with Gasteiger partial charge >= 0.3 is 5.97 Å². The molecule has 0 aliphatic rings. The van der Waals surface area contributed by atoms with Crippen molar-refractivity contribution in [1.29, 1.82) is 0 Å². The highest BCUT2D eigenvalue weighted by Crippen LogP contribution is 2.24. The van der Waals surface area contributed by atoms with Crippen LogP contribution in [0.2, 0.25) is 0 Å². The summed E-state index contributed by atoms with van der Waals surface area (Å²) in [6.07, 6.45) is 1.51. The number of nitrogens with zero attached hydrogens (tertiary/aromatic N) is 2. The van der Waals surface area contributed by atoms with Crippen molar-refractivity contribution in [3.05, 3.63) is 39.3 Å². The second-order valence-corrected chi connectivity index (χ2v) is 6.05. The van der Waals surface area contributed by atoms with Gasteiger partial charge in [0.25, 0.3) is 0 Å². The second-order valence-electron chi connectivity index (χ2n) is 4.73. The zero-order valence-corrected chi connectivity index (χ0v) is 13.5. The fourth-order valence-electron chi connectivity index (χ4n) is 1.90. The first-order valence-corrected chi connectivity index (χ1v) is 7.66. The molecule has 2 heterocycles. The summed E-state index contributed by atoms with van der Waals surface area (Å²) in [5.74, 6) is 0.127. The standard InChI is InChI=1S/C15H19N3O2S/c1-5-20-14(19)12-8-16-15(17-10(12)3)18-11(4)13-7-6-9(2)21-13/h6-8,11H,5H2,1-4H3,(H,16,17,18). The first-order valence-electron chi connectivity index (χ1n) is 6.85. The number of carbonyl (C=O) groups excluding carboxylic acids is 1. The molecule has 0 bridgehead atoms. The van der Waals surface area contributed by atoms with Gasteiger partial charge in [-0.25, -0.2) is 14.8 Å². The molecule has 0 spiro atoms. The maximum atomic E-state index is 11.7. The lowest BCUT2D eigenvalue weighted by atomic mass is 10.2. The Labute approximate surface area is 128 Å². The van der Waals surface area contributed by atoms with Gasteiger partial charge in [0.2, 0.25) is 5.95 Å². The molecule has 21 heavy (non-hydrogen) atoms. The molecule has 1 unspecified atom stereocenters. The molecule has 0 fully saturated rings. The van der Waals surface area contributed by atoms with Crippen molar-refractivity contribution in [2.24, 2.45) is 0 Å². The van der Waals surface area contributed by atoms with Gasteiger partial charge in [0.1, 0.15) is 0 Å². The third-order valence-corrected chi connectivity index (χ3v) is 4.19. The minimum Gasteiger partial charge on any atom is -0.462 e. The van der Waals surface area contributed by atoms with Crippen molar-refractivity contribution in [2.75, 3.05) is 11.9 Å². The quantitative estimate of drug-likeness (QED) is 0.856. The van der Waals surface area contributed by atoms with E-state index in [-0.39, 0.29) is 12.0 Å². The van der Waals surface area contributed by atoms with E-state index < -0.39 is 0 Å². The van der Waals surface area contributed by atoms with Crippen LogP contribution < -0.4 is 5.32 Å². The van der Waals surface area contributed by atoms with Crippen LogP contribution in [0.3, 0.4) is 0 Å². The van der Waals surface area contributed by atoms with E-state index in [1.807, 2.05) is 0 Å². The summed E-state index contributed by atoms with van der Waals surface area (Å²) in [4.78, 5) is 22.7. The number of aryl methyl sites for hydroxylation is 2. The number of carbonyl (C=O) groups is 1. The molecular weight excluding hydrogens is 286 g/mol. The molecule has 6 heteroatoms. The highest BCUT2D eigenvalue weighted by molar-refractivity contribution is 7.12. The summed E-state index contributed by atoms with van der Waals surface area (Å²) < 4.78 is 4.96. The van der Waals surface area contributed by atoms with E-state index in [1.54, 1.807) is 25.2 Å². The first kappa shape index (κ1) is 15.4. The molecular formula is C15H19N3O2S. The Hall–Kier alpha value is -1.95. The minimum absolute atomic E-state index is 0.122. The third kappa shape index (κ3) is 3.78. The Morgan fingerprint density at radius 3 is 2.76 bits per heavy atom. The number of hydrogen-bond acceptors (Lipinski definition) is 6. The summed E-state index contributed by atoms with van der Waals surface area (Å²) in [6, 6.07) is 4.31. The molecule has 0 saturated carbocycles. The van der Waals surface area contributed by atoms with E-state index in [9.17, 15) is 4.79 Å². The number of aromatic nitrogens is 2. The van der Waals surface area contributed by atoms with E-state index >= 15 is 0 Å². The van der Waals surface area contributed by atoms with E-state index in [0.717, 1.165) is 0 Å². The lowest BCUT2D eigenvalue weighted by Gasteiger charge is -2.13. The monoisotopic (exact) mass is 305 g/mol. The van der Waals surface area contributed by atoms with Gasteiger partial charge in [-0.2, -0.15) is 0 Å². The van der Waals surface area contributed by atoms with Gasteiger partial charge in [-0.3, -0.25) is 0 Å². The van der Waals surface area contributed by atoms with E-state index in [4.69, 9.17) is 4.74 Å². The Morgan fingerprint density at radius 1 is 1.43 bits per heavy atom. The van der Waals surface area contributed by atoms with Crippen molar-refractivity contribution < 1.29 is 9.53 Å². The van der Waals surface area contributed by atoms with Crippen molar-refractivity contribution in [3.63, 3.8) is 0 Å². The fourth-order valence-corrected chi connectivity index (χ4v) is 2.78. The van der Waals surface area contributed by atoms with E-state index in [0.29, 0.717) is 23.8 Å². The predicted molar refractivity (Wildman–Crippen MR) is 83.8 cm³/mol. The van der Waals surface area contributed by atoms with Crippen LogP contribution in [-0.2, 0) is 4.74 Å². The molecule has 0 amide bonds. The molecule has 0 aliphatic heterocycles. The van der Waals surface area contributed by atoms with Crippen LogP contribution in [0.4, 0.5) is 5.95 Å². The Morgan fingerprint density at radius 2 is 2.19 bits per heavy atom. The van der Waals surface area contributed by atoms with Crippen LogP contribution in [0.25, 0.3) is 0 Å². The zero-order valence-electron chi connectivity index (χ0n) is 12.6. The molecule has 1 atom stereocenters. The average Bonchev–Trinajstić information content (AvgIpc) is 2.86. The fraction of sp³-hybridized carbons (Fsp3) is 0.400. The van der Waals surface area contributed by atoms with Gasteiger partial charge < -0.3 is 10.1 Å². The normalized spacial score (nSPS) is 12.0. The molecule has 112 valence electrons. The molecule has 5 nitrogen and oxygen atoms in total. The predicted octanol–water partition coefficient (Wildman–Crippen LogP) is 3.50. The van der Waals surface area contributed by atoms with Gasteiger partial charge in [0.15, 0.2) is 0 Å². The lowest BCUT2D eigenvalue weighted by Crippen LogP contribution is -2.12. The Balaban J connectivity index is 2.11. The number of ether oxygens (including phenoxy) is 1. The van der Waals surface area contributed by atoms with Gasteiger partial charge in [-0.1, -0.05) is 0 Å². The second kappa shape index (κ2) is 6.67. The number of esters is 1. The van der Waals surface area contributed by atoms with Crippen molar-refractivity contribution in [2.45, 2.75) is 33.7 Å². The molecule has 2 aromatic heterocycles. The maximum absolute atomic E-state index is 11.7. The smallest absolute Gasteiger partial charge is 0.341 e. The molecule has 1 N–H and O–H groups in total. The number of nitrogens with one attached hydrogen (secondary N) is 1. The number of anilines is 1. The van der Waals surface area contributed by atoms with Crippen LogP contribution in [0.1, 0.15) is 45.7 Å². The highest BCUT2D eigenvalue weighted by atomic mass is 32.1. The molecule has 2 aromatic rings. The van der Waals surface area contributed by atoms with E-state index in [1.165, 1.54) is 16.0 Å². The summed E-state index contributed by atoms with van der Waals surface area (Å²) in [7, 11) is 0. The van der Waals surface area contributed by atoms with Gasteiger partial charge in [0.05, 0.1) is 23.9 Å². The van der Waals surface area contributed by atoms with Crippen LogP contribution in [0.15, 0.2) is 18.3 Å². The molecule has 0 radical (unpaired) electrons. The first-order chi connectivity index (χ1) is 10.0. The SMILES string of the molecule is CCOC(=O)c1cnc(NC(C)c2ccc(C)s2)nc1C. The Bertz CT molecular complexity index is 640. The summed E-state index contributed by atoms with van der Waals surface area (Å²) in [6.45, 7) is 8.03. The summed E-state index contributed by atoms with van der Waals surface area (Å²) in [5.41, 5.74) is 1.02. The van der Waals surface area contributed by atoms with Gasteiger partial charge in [-0.15, -0.1) is 11.3 Å². The summed E-state index contributed by atoms with van der Waals surface area (Å²) >= 11 is 1.74. The van der Waals surface area contributed by atoms with Crippen LogP contribution in [0, 0.1) is 13.8 Å². The minimum atomic E-state index is -0.386. The average molecular weight is 305 g/mol. The number of thiophene rings is 1. The van der Waals surface area contributed by atoms with Crippen molar-refractivity contribution in [1.82, 2.24) is 9.97 Å². The topological polar surface area (TPSA) is 64.1 Å². The van der Waals surface area contributed by atoms with Crippen LogP contribution in [-0.4, -0.2) is 22.5 Å². The van der Waals surface area contributed by atoms with E-state index in [2.05, 4.69) is 41.3 Å². The lowest BCUT2D eigenvalue weighted by molar-refractivity contribution is 0.0524. The number of hydrogen-bond donors (Lipinski definition) is 1. The zero-order chi connectivity index (χ0) is 15.4. The highest BCUT2D eigenvalue weighted by Gasteiger charge is 2.14. The third-order valence-electron chi connectivity index (χ3n) is 3.01. The van der Waals surface area contributed by atoms with Gasteiger partial charge in [-0.05, 0) is 39.8 Å². The molecule has 0 saturated heterocycles. The van der Waals surface area contributed by atoms with Crippen LogP contribution >= 0.6 is 11.3 Å². The molecule has 2 rings (SSSR count). The number of rotatable bonds is 5. The summed E-state index contributed by atoms with van der Waals surface area (Å²) in [5, 5.41) is 3.25. The Kier molecular flexibility index (Phi) is 4.90. The maximum Gasteiger partial charge on any atom is 0.341 e. The van der Waals surface area contributed by atoms with Crippen LogP contribution in [0.5, 0.6) is 0 Å². The molecule has 0 aliphatic carbocycles. The molecule has 0 aromatic carbocycles.